The molecule has 84 valence electrons. The number of carbonyl (C=O) groups is 1. The van der Waals surface area contributed by atoms with Gasteiger partial charge in [0.15, 0.2) is 0 Å². The maximum atomic E-state index is 12.4. The molecule has 0 atom stereocenters. The van der Waals surface area contributed by atoms with Crippen molar-refractivity contribution in [3.63, 3.8) is 0 Å². The Morgan fingerprint density at radius 2 is 2.31 bits per heavy atom. The second-order valence-electron chi connectivity index (χ2n) is 2.83. The molecule has 1 N–H and O–H groups in total. The fourth-order valence-corrected chi connectivity index (χ4v) is 1.64. The summed E-state index contributed by atoms with van der Waals surface area (Å²) in [4.78, 5) is 13.9. The van der Waals surface area contributed by atoms with Crippen LogP contribution >= 0.6 is 15.9 Å². The lowest BCUT2D eigenvalue weighted by atomic mass is 10.1. The summed E-state index contributed by atoms with van der Waals surface area (Å²) in [6, 6.07) is 2.73. The Bertz CT molecular complexity index is 471. The predicted octanol–water partition coefficient (Wildman–Crippen LogP) is 2.28. The Morgan fingerprint density at radius 1 is 1.69 bits per heavy atom. The van der Waals surface area contributed by atoms with Crippen LogP contribution in [0.25, 0.3) is 0 Å². The normalized spacial score (nSPS) is 10.2. The number of nitriles is 1. The third kappa shape index (κ3) is 2.73. The fraction of sp³-hybridized carbons (Fsp3) is 0.222. The van der Waals surface area contributed by atoms with Crippen molar-refractivity contribution < 1.29 is 18.7 Å². The highest BCUT2D eigenvalue weighted by Crippen LogP contribution is 2.25. The number of aliphatic carboxylic acids is 1. The van der Waals surface area contributed by atoms with Crippen LogP contribution in [0.4, 0.5) is 8.78 Å². The molecule has 4 nitrogen and oxygen atoms in total. The number of halogens is 3. The number of carboxylic acid groups (broad SMARTS) is 1. The van der Waals surface area contributed by atoms with E-state index in [1.165, 1.54) is 0 Å². The van der Waals surface area contributed by atoms with Gasteiger partial charge in [-0.15, -0.1) is 0 Å². The number of carboxylic acids is 1. The van der Waals surface area contributed by atoms with Crippen LogP contribution in [0.15, 0.2) is 10.5 Å². The summed E-state index contributed by atoms with van der Waals surface area (Å²) in [5.74, 6) is -1.23. The van der Waals surface area contributed by atoms with Crippen molar-refractivity contribution in [2.75, 3.05) is 0 Å². The van der Waals surface area contributed by atoms with E-state index in [0.717, 1.165) is 6.07 Å². The standard InChI is InChI=1S/C9H5BrF2N2O2/c10-5-1-7(9(11)12)14-6(2-8(15)16)4(5)3-13/h1,9H,2H2,(H,15,16). The molecule has 7 heteroatoms. The molecule has 0 unspecified atom stereocenters. The zero-order chi connectivity index (χ0) is 12.3. The summed E-state index contributed by atoms with van der Waals surface area (Å²) in [5, 5.41) is 17.3. The fourth-order valence-electron chi connectivity index (χ4n) is 1.08. The molecule has 0 fully saturated rings. The van der Waals surface area contributed by atoms with E-state index >= 15 is 0 Å². The molecule has 0 aromatic carbocycles. The molecule has 0 radical (unpaired) electrons. The Labute approximate surface area is 97.7 Å². The Balaban J connectivity index is 3.32. The second kappa shape index (κ2) is 4.99. The first-order valence-corrected chi connectivity index (χ1v) is 4.84. The predicted molar refractivity (Wildman–Crippen MR) is 52.9 cm³/mol. The maximum Gasteiger partial charge on any atom is 0.309 e. The van der Waals surface area contributed by atoms with Crippen LogP contribution in [-0.2, 0) is 11.2 Å². The molecule has 1 aromatic heterocycles. The maximum absolute atomic E-state index is 12.4. The van der Waals surface area contributed by atoms with Crippen LogP contribution in [0, 0.1) is 11.3 Å². The highest BCUT2D eigenvalue weighted by molar-refractivity contribution is 9.10. The first kappa shape index (κ1) is 12.5. The van der Waals surface area contributed by atoms with Gasteiger partial charge in [-0.25, -0.2) is 13.8 Å². The molecule has 1 aromatic rings. The second-order valence-corrected chi connectivity index (χ2v) is 3.69. The van der Waals surface area contributed by atoms with Gasteiger partial charge in [-0.1, -0.05) is 0 Å². The molecular weight excluding hydrogens is 286 g/mol. The van der Waals surface area contributed by atoms with Gasteiger partial charge >= 0.3 is 5.97 Å². The van der Waals surface area contributed by atoms with Crippen molar-refractivity contribution >= 4 is 21.9 Å². The largest absolute Gasteiger partial charge is 0.481 e. The average molecular weight is 291 g/mol. The quantitative estimate of drug-likeness (QED) is 0.927. The number of alkyl halides is 2. The van der Waals surface area contributed by atoms with Crippen LogP contribution in [0.5, 0.6) is 0 Å². The van der Waals surface area contributed by atoms with Gasteiger partial charge < -0.3 is 5.11 Å². The molecular formula is C9H5BrF2N2O2. The number of aromatic nitrogens is 1. The molecule has 0 saturated carbocycles. The lowest BCUT2D eigenvalue weighted by Crippen LogP contribution is -2.07. The van der Waals surface area contributed by atoms with Gasteiger partial charge in [-0.2, -0.15) is 5.26 Å². The van der Waals surface area contributed by atoms with Crippen molar-refractivity contribution in [1.29, 1.82) is 5.26 Å². The van der Waals surface area contributed by atoms with Crippen molar-refractivity contribution in [3.8, 4) is 6.07 Å². The summed E-state index contributed by atoms with van der Waals surface area (Å²) < 4.78 is 24.9. The number of pyridine rings is 1. The van der Waals surface area contributed by atoms with Crippen molar-refractivity contribution in [1.82, 2.24) is 4.98 Å². The molecule has 0 amide bonds. The summed E-state index contributed by atoms with van der Waals surface area (Å²) in [6.07, 6.45) is -3.38. The van der Waals surface area contributed by atoms with Gasteiger partial charge in [0.1, 0.15) is 11.8 Å². The van der Waals surface area contributed by atoms with Crippen molar-refractivity contribution in [2.45, 2.75) is 12.8 Å². The number of hydrogen-bond donors (Lipinski definition) is 1. The van der Waals surface area contributed by atoms with E-state index in [4.69, 9.17) is 10.4 Å². The topological polar surface area (TPSA) is 74.0 Å². The zero-order valence-corrected chi connectivity index (χ0v) is 9.33. The van der Waals surface area contributed by atoms with E-state index < -0.39 is 24.5 Å². The summed E-state index contributed by atoms with van der Waals surface area (Å²) in [5.41, 5.74) is -0.756. The third-order valence-electron chi connectivity index (χ3n) is 1.72. The van der Waals surface area contributed by atoms with Gasteiger partial charge in [0.25, 0.3) is 6.43 Å². The molecule has 0 aliphatic heterocycles. The van der Waals surface area contributed by atoms with E-state index in [0.29, 0.717) is 0 Å². The smallest absolute Gasteiger partial charge is 0.309 e. The lowest BCUT2D eigenvalue weighted by Gasteiger charge is -2.06. The van der Waals surface area contributed by atoms with E-state index in [1.807, 2.05) is 0 Å². The van der Waals surface area contributed by atoms with Crippen molar-refractivity contribution in [3.05, 3.63) is 27.5 Å². The van der Waals surface area contributed by atoms with Crippen LogP contribution in [0.2, 0.25) is 0 Å². The number of hydrogen-bond acceptors (Lipinski definition) is 3. The Hall–Kier alpha value is -1.55. The minimum Gasteiger partial charge on any atom is -0.481 e. The summed E-state index contributed by atoms with van der Waals surface area (Å²) in [7, 11) is 0. The Kier molecular flexibility index (Phi) is 3.90. The summed E-state index contributed by atoms with van der Waals surface area (Å²) in [6.45, 7) is 0. The SMILES string of the molecule is N#Cc1c(Br)cc(C(F)F)nc1CC(=O)O. The minimum atomic E-state index is -2.81. The molecule has 1 rings (SSSR count). The van der Waals surface area contributed by atoms with E-state index in [9.17, 15) is 13.6 Å². The average Bonchev–Trinajstić information content (AvgIpc) is 2.16. The van der Waals surface area contributed by atoms with Crippen LogP contribution in [-0.4, -0.2) is 16.1 Å². The highest BCUT2D eigenvalue weighted by atomic mass is 79.9. The van der Waals surface area contributed by atoms with E-state index in [-0.39, 0.29) is 15.7 Å². The molecule has 16 heavy (non-hydrogen) atoms. The highest BCUT2D eigenvalue weighted by Gasteiger charge is 2.17. The van der Waals surface area contributed by atoms with Crippen LogP contribution in [0.1, 0.15) is 23.4 Å². The Morgan fingerprint density at radius 3 is 2.75 bits per heavy atom. The van der Waals surface area contributed by atoms with Crippen molar-refractivity contribution in [2.24, 2.45) is 0 Å². The molecule has 0 bridgehead atoms. The molecule has 0 spiro atoms. The van der Waals surface area contributed by atoms with Crippen LogP contribution < -0.4 is 0 Å². The minimum absolute atomic E-state index is 0.0354. The molecule has 0 aliphatic rings. The van der Waals surface area contributed by atoms with Gasteiger partial charge in [0.05, 0.1) is 17.7 Å². The van der Waals surface area contributed by atoms with Gasteiger partial charge in [-0.05, 0) is 22.0 Å². The summed E-state index contributed by atoms with van der Waals surface area (Å²) >= 11 is 2.93. The molecule has 0 aliphatic carbocycles. The van der Waals surface area contributed by atoms with E-state index in [2.05, 4.69) is 20.9 Å². The number of rotatable bonds is 3. The first-order valence-electron chi connectivity index (χ1n) is 4.05. The zero-order valence-electron chi connectivity index (χ0n) is 7.75. The number of nitrogens with zero attached hydrogens (tertiary/aromatic N) is 2. The van der Waals surface area contributed by atoms with E-state index in [1.54, 1.807) is 6.07 Å². The van der Waals surface area contributed by atoms with Crippen LogP contribution in [0.3, 0.4) is 0 Å². The van der Waals surface area contributed by atoms with Gasteiger partial charge in [-0.3, -0.25) is 4.79 Å². The first-order chi connectivity index (χ1) is 7.45. The molecule has 1 heterocycles. The third-order valence-corrected chi connectivity index (χ3v) is 2.35. The van der Waals surface area contributed by atoms with Gasteiger partial charge in [0, 0.05) is 4.47 Å². The molecule has 0 saturated heterocycles. The van der Waals surface area contributed by atoms with Gasteiger partial charge in [0.2, 0.25) is 0 Å². The monoisotopic (exact) mass is 290 g/mol. The lowest BCUT2D eigenvalue weighted by molar-refractivity contribution is -0.136.